The third-order valence-electron chi connectivity index (χ3n) is 6.00. The number of hydrogen-bond acceptors (Lipinski definition) is 6. The van der Waals surface area contributed by atoms with Crippen molar-refractivity contribution in [3.63, 3.8) is 0 Å². The molecular weight excluding hydrogens is 529 g/mol. The molecule has 1 aromatic heterocycles. The van der Waals surface area contributed by atoms with Crippen LogP contribution in [-0.4, -0.2) is 63.2 Å². The zero-order valence-electron chi connectivity index (χ0n) is 21.0. The molecule has 10 heteroatoms. The fourth-order valence-corrected chi connectivity index (χ4v) is 4.20. The van der Waals surface area contributed by atoms with Crippen molar-refractivity contribution in [3.8, 4) is 17.1 Å². The molecule has 2 heterocycles. The highest BCUT2D eigenvalue weighted by Crippen LogP contribution is 2.30. The fourth-order valence-electron chi connectivity index (χ4n) is 3.90. The summed E-state index contributed by atoms with van der Waals surface area (Å²) in [5, 5.41) is 6.46. The maximum Gasteiger partial charge on any atom is 0.267 e. The maximum atomic E-state index is 13.1. The molecule has 8 nitrogen and oxygen atoms in total. The number of carbonyl (C=O) groups excluding carboxylic acids is 2. The highest BCUT2D eigenvalue weighted by atomic mass is 35.5. The molecule has 0 spiro atoms. The van der Waals surface area contributed by atoms with Gasteiger partial charge in [0.15, 0.2) is 0 Å². The van der Waals surface area contributed by atoms with Gasteiger partial charge in [0.25, 0.3) is 11.8 Å². The number of nitrogens with one attached hydrogen (secondary N) is 2. The van der Waals surface area contributed by atoms with Crippen molar-refractivity contribution in [2.75, 3.05) is 46.5 Å². The molecule has 2 aromatic carbocycles. The van der Waals surface area contributed by atoms with Crippen LogP contribution in [0.4, 0.5) is 0 Å². The number of hydrogen-bond donors (Lipinski definition) is 2. The van der Waals surface area contributed by atoms with E-state index < -0.39 is 11.8 Å². The fraction of sp³-hybridized carbons (Fsp3) is 0.286. The second kappa shape index (κ2) is 13.5. The molecule has 1 fully saturated rings. The number of furan rings is 1. The number of ether oxygens (including phenoxy) is 2. The van der Waals surface area contributed by atoms with Crippen molar-refractivity contribution in [3.05, 3.63) is 81.7 Å². The molecule has 200 valence electrons. The number of benzene rings is 2. The lowest BCUT2D eigenvalue weighted by atomic mass is 10.2. The standard InChI is InChI=1S/C28H29Cl2N3O5/c1-36-21-6-3-19(4-7-21)27(34)32-25(28(35)31-11-2-12-33-13-15-37-16-14-33)18-22-8-10-26(38-22)20-5-9-23(29)24(30)17-20/h3-10,17-18H,2,11-16H2,1H3,(H,31,35)(H,32,34)/b25-18-. The summed E-state index contributed by atoms with van der Waals surface area (Å²) in [6.07, 6.45) is 2.27. The third kappa shape index (κ3) is 7.61. The number of nitrogens with zero attached hydrogens (tertiary/aromatic N) is 1. The van der Waals surface area contributed by atoms with E-state index in [1.54, 1.807) is 61.7 Å². The Hall–Kier alpha value is -3.30. The van der Waals surface area contributed by atoms with Crippen LogP contribution in [0, 0.1) is 0 Å². The molecule has 0 radical (unpaired) electrons. The van der Waals surface area contributed by atoms with Gasteiger partial charge in [-0.3, -0.25) is 14.5 Å². The molecule has 3 aromatic rings. The van der Waals surface area contributed by atoms with Gasteiger partial charge in [0.05, 0.1) is 30.4 Å². The highest BCUT2D eigenvalue weighted by molar-refractivity contribution is 6.42. The summed E-state index contributed by atoms with van der Waals surface area (Å²) < 4.78 is 16.4. The summed E-state index contributed by atoms with van der Waals surface area (Å²) in [4.78, 5) is 28.3. The van der Waals surface area contributed by atoms with Crippen molar-refractivity contribution >= 4 is 41.1 Å². The average molecular weight is 558 g/mol. The molecular formula is C28H29Cl2N3O5. The number of halogens is 2. The van der Waals surface area contributed by atoms with Crippen LogP contribution in [-0.2, 0) is 9.53 Å². The Labute approximate surface area is 231 Å². The van der Waals surface area contributed by atoms with Gasteiger partial charge in [-0.2, -0.15) is 0 Å². The first-order chi connectivity index (χ1) is 18.4. The Morgan fingerprint density at radius 2 is 1.79 bits per heavy atom. The zero-order valence-corrected chi connectivity index (χ0v) is 22.5. The number of carbonyl (C=O) groups is 2. The summed E-state index contributed by atoms with van der Waals surface area (Å²) >= 11 is 12.2. The van der Waals surface area contributed by atoms with E-state index in [4.69, 9.17) is 37.1 Å². The quantitative estimate of drug-likeness (QED) is 0.273. The normalized spacial score (nSPS) is 14.2. The molecule has 1 aliphatic rings. The largest absolute Gasteiger partial charge is 0.497 e. The van der Waals surface area contributed by atoms with Gasteiger partial charge in [-0.15, -0.1) is 0 Å². The van der Waals surface area contributed by atoms with Crippen LogP contribution in [0.15, 0.2) is 64.7 Å². The topological polar surface area (TPSA) is 93.0 Å². The van der Waals surface area contributed by atoms with Crippen LogP contribution in [0.3, 0.4) is 0 Å². The summed E-state index contributed by atoms with van der Waals surface area (Å²) in [5.41, 5.74) is 1.18. The molecule has 2 N–H and O–H groups in total. The predicted octanol–water partition coefficient (Wildman–Crippen LogP) is 4.87. The lowest BCUT2D eigenvalue weighted by Crippen LogP contribution is -2.39. The third-order valence-corrected chi connectivity index (χ3v) is 6.74. The Morgan fingerprint density at radius 1 is 1.03 bits per heavy atom. The van der Waals surface area contributed by atoms with Gasteiger partial charge < -0.3 is 24.5 Å². The van der Waals surface area contributed by atoms with E-state index in [9.17, 15) is 9.59 Å². The zero-order chi connectivity index (χ0) is 26.9. The number of amides is 2. The van der Waals surface area contributed by atoms with Crippen molar-refractivity contribution in [1.29, 1.82) is 0 Å². The van der Waals surface area contributed by atoms with Crippen molar-refractivity contribution < 1.29 is 23.5 Å². The first-order valence-corrected chi connectivity index (χ1v) is 13.0. The summed E-state index contributed by atoms with van der Waals surface area (Å²) in [7, 11) is 1.55. The minimum atomic E-state index is -0.432. The Kier molecular flexibility index (Phi) is 9.84. The first kappa shape index (κ1) is 27.7. The van der Waals surface area contributed by atoms with E-state index in [0.29, 0.717) is 39.4 Å². The predicted molar refractivity (Wildman–Crippen MR) is 147 cm³/mol. The molecule has 4 rings (SSSR count). The molecule has 1 aliphatic heterocycles. The lowest BCUT2D eigenvalue weighted by Gasteiger charge is -2.26. The van der Waals surface area contributed by atoms with Gasteiger partial charge in [-0.1, -0.05) is 23.2 Å². The van der Waals surface area contributed by atoms with E-state index in [1.165, 1.54) is 6.08 Å². The smallest absolute Gasteiger partial charge is 0.267 e. The van der Waals surface area contributed by atoms with Gasteiger partial charge in [-0.25, -0.2) is 0 Å². The molecule has 38 heavy (non-hydrogen) atoms. The van der Waals surface area contributed by atoms with Gasteiger partial charge in [0, 0.05) is 36.8 Å². The van der Waals surface area contributed by atoms with Crippen LogP contribution < -0.4 is 15.4 Å². The molecule has 0 bridgehead atoms. The minimum Gasteiger partial charge on any atom is -0.497 e. The molecule has 0 unspecified atom stereocenters. The van der Waals surface area contributed by atoms with Gasteiger partial charge in [0.1, 0.15) is 23.0 Å². The van der Waals surface area contributed by atoms with Gasteiger partial charge >= 0.3 is 0 Å². The minimum absolute atomic E-state index is 0.0622. The highest BCUT2D eigenvalue weighted by Gasteiger charge is 2.17. The second-order valence-electron chi connectivity index (χ2n) is 8.64. The molecule has 0 atom stereocenters. The summed E-state index contributed by atoms with van der Waals surface area (Å²) in [6.45, 7) is 4.53. The van der Waals surface area contributed by atoms with E-state index in [1.807, 2.05) is 0 Å². The van der Waals surface area contributed by atoms with Crippen LogP contribution in [0.2, 0.25) is 10.0 Å². The molecule has 2 amide bonds. The second-order valence-corrected chi connectivity index (χ2v) is 9.45. The number of morpholine rings is 1. The van der Waals surface area contributed by atoms with E-state index in [0.717, 1.165) is 44.8 Å². The Bertz CT molecular complexity index is 1280. The summed E-state index contributed by atoms with van der Waals surface area (Å²) in [5.74, 6) is 0.710. The van der Waals surface area contributed by atoms with Gasteiger partial charge in [-0.05, 0) is 67.6 Å². The van der Waals surface area contributed by atoms with E-state index in [2.05, 4.69) is 15.5 Å². The van der Waals surface area contributed by atoms with Crippen molar-refractivity contribution in [2.45, 2.75) is 6.42 Å². The van der Waals surface area contributed by atoms with Crippen molar-refractivity contribution in [1.82, 2.24) is 15.5 Å². The lowest BCUT2D eigenvalue weighted by molar-refractivity contribution is -0.117. The molecule has 0 aliphatic carbocycles. The number of methoxy groups -OCH3 is 1. The van der Waals surface area contributed by atoms with E-state index >= 15 is 0 Å². The number of rotatable bonds is 10. The molecule has 0 saturated carbocycles. The van der Waals surface area contributed by atoms with Crippen molar-refractivity contribution in [2.24, 2.45) is 0 Å². The van der Waals surface area contributed by atoms with Crippen LogP contribution >= 0.6 is 23.2 Å². The monoisotopic (exact) mass is 557 g/mol. The Morgan fingerprint density at radius 3 is 2.50 bits per heavy atom. The SMILES string of the molecule is COc1ccc(C(=O)N/C(=C\c2ccc(-c3ccc(Cl)c(Cl)c3)o2)C(=O)NCCCN2CCOCC2)cc1. The summed E-state index contributed by atoms with van der Waals surface area (Å²) in [6, 6.07) is 15.3. The maximum absolute atomic E-state index is 13.1. The van der Waals surface area contributed by atoms with Crippen LogP contribution in [0.1, 0.15) is 22.5 Å². The Balaban J connectivity index is 1.48. The van der Waals surface area contributed by atoms with Crippen LogP contribution in [0.25, 0.3) is 17.4 Å². The molecule has 1 saturated heterocycles. The first-order valence-electron chi connectivity index (χ1n) is 12.2. The average Bonchev–Trinajstić information content (AvgIpc) is 3.41. The van der Waals surface area contributed by atoms with Crippen LogP contribution in [0.5, 0.6) is 5.75 Å². The van der Waals surface area contributed by atoms with Gasteiger partial charge in [0.2, 0.25) is 0 Å². The van der Waals surface area contributed by atoms with E-state index in [-0.39, 0.29) is 5.70 Å².